The van der Waals surface area contributed by atoms with Gasteiger partial charge in [0, 0.05) is 16.6 Å². The number of fused-ring (bicyclic) bond motifs is 1. The summed E-state index contributed by atoms with van der Waals surface area (Å²) < 4.78 is 0. The fraction of sp³-hybridized carbons (Fsp3) is 0.308. The summed E-state index contributed by atoms with van der Waals surface area (Å²) in [5.41, 5.74) is 7.65. The van der Waals surface area contributed by atoms with E-state index in [4.69, 9.17) is 5.73 Å². The van der Waals surface area contributed by atoms with Crippen molar-refractivity contribution in [2.75, 3.05) is 11.1 Å². The average Bonchev–Trinajstić information content (AvgIpc) is 2.80. The monoisotopic (exact) mass is 290 g/mol. The van der Waals surface area contributed by atoms with Gasteiger partial charge in [0.2, 0.25) is 0 Å². The third-order valence-corrected chi connectivity index (χ3v) is 4.39. The highest BCUT2D eigenvalue weighted by Gasteiger charge is 2.16. The molecule has 7 heteroatoms. The largest absolute Gasteiger partial charge is 0.393 e. The van der Waals surface area contributed by atoms with Gasteiger partial charge in [-0.05, 0) is 37.8 Å². The number of nitrogens with two attached hydrogens (primary N) is 1. The fourth-order valence-electron chi connectivity index (χ4n) is 2.33. The van der Waals surface area contributed by atoms with E-state index in [9.17, 15) is 10.1 Å². The smallest absolute Gasteiger partial charge is 0.292 e. The number of nitrogens with zero attached hydrogens (tertiary/aromatic N) is 2. The number of thiazole rings is 1. The van der Waals surface area contributed by atoms with Crippen molar-refractivity contribution in [2.45, 2.75) is 25.7 Å². The Labute approximate surface area is 119 Å². The van der Waals surface area contributed by atoms with E-state index in [1.165, 1.54) is 29.5 Å². The standard InChI is InChI=1S/C13H14N4O2S/c14-9-7-8(5-6-11(9)17(18)19)15-13-16-10-3-1-2-4-12(10)20-13/h5-7H,1-4,14H2,(H,15,16). The second-order valence-corrected chi connectivity index (χ2v) is 5.84. The first-order valence-electron chi connectivity index (χ1n) is 6.43. The number of aromatic nitrogens is 1. The van der Waals surface area contributed by atoms with Crippen LogP contribution in [0.3, 0.4) is 0 Å². The van der Waals surface area contributed by atoms with Gasteiger partial charge in [-0.15, -0.1) is 11.3 Å². The molecular weight excluding hydrogens is 276 g/mol. The van der Waals surface area contributed by atoms with Gasteiger partial charge in [0.05, 0.1) is 10.6 Å². The number of nitro benzene ring substituents is 1. The quantitative estimate of drug-likeness (QED) is 0.514. The lowest BCUT2D eigenvalue weighted by Gasteiger charge is -2.06. The Hall–Kier alpha value is -2.15. The molecule has 0 amide bonds. The van der Waals surface area contributed by atoms with Crippen molar-refractivity contribution in [3.05, 3.63) is 38.9 Å². The van der Waals surface area contributed by atoms with Crippen LogP contribution in [0.1, 0.15) is 23.4 Å². The Morgan fingerprint density at radius 2 is 2.15 bits per heavy atom. The molecule has 1 aliphatic rings. The van der Waals surface area contributed by atoms with E-state index >= 15 is 0 Å². The van der Waals surface area contributed by atoms with E-state index in [1.807, 2.05) is 0 Å². The summed E-state index contributed by atoms with van der Waals surface area (Å²) in [4.78, 5) is 16.1. The first-order chi connectivity index (χ1) is 9.63. The molecule has 20 heavy (non-hydrogen) atoms. The van der Waals surface area contributed by atoms with Crippen molar-refractivity contribution in [3.63, 3.8) is 0 Å². The highest BCUT2D eigenvalue weighted by atomic mass is 32.1. The van der Waals surface area contributed by atoms with Gasteiger partial charge in [0.15, 0.2) is 5.13 Å². The molecule has 6 nitrogen and oxygen atoms in total. The van der Waals surface area contributed by atoms with Crippen molar-refractivity contribution >= 4 is 33.5 Å². The zero-order chi connectivity index (χ0) is 14.1. The molecule has 0 atom stereocenters. The van der Waals surface area contributed by atoms with Crippen molar-refractivity contribution < 1.29 is 4.92 Å². The third kappa shape index (κ3) is 2.44. The van der Waals surface area contributed by atoms with E-state index in [0.29, 0.717) is 0 Å². The lowest BCUT2D eigenvalue weighted by molar-refractivity contribution is -0.383. The molecule has 0 spiro atoms. The first kappa shape index (κ1) is 12.9. The molecule has 0 unspecified atom stereocenters. The lowest BCUT2D eigenvalue weighted by Crippen LogP contribution is -1.99. The number of hydrogen-bond acceptors (Lipinski definition) is 6. The van der Waals surface area contributed by atoms with Crippen LogP contribution in [-0.2, 0) is 12.8 Å². The number of anilines is 3. The van der Waals surface area contributed by atoms with E-state index < -0.39 is 4.92 Å². The average molecular weight is 290 g/mol. The highest BCUT2D eigenvalue weighted by Crippen LogP contribution is 2.32. The van der Waals surface area contributed by atoms with Crippen LogP contribution in [0.25, 0.3) is 0 Å². The maximum absolute atomic E-state index is 10.7. The van der Waals surface area contributed by atoms with E-state index in [0.717, 1.165) is 23.7 Å². The Morgan fingerprint density at radius 3 is 2.85 bits per heavy atom. The molecule has 104 valence electrons. The van der Waals surface area contributed by atoms with Crippen LogP contribution >= 0.6 is 11.3 Å². The maximum atomic E-state index is 10.7. The summed E-state index contributed by atoms with van der Waals surface area (Å²) in [5, 5.41) is 14.7. The molecule has 0 saturated carbocycles. The highest BCUT2D eigenvalue weighted by molar-refractivity contribution is 7.15. The zero-order valence-corrected chi connectivity index (χ0v) is 11.6. The number of nitro groups is 1. The molecule has 0 saturated heterocycles. The van der Waals surface area contributed by atoms with Crippen molar-refractivity contribution in [1.29, 1.82) is 0 Å². The lowest BCUT2D eigenvalue weighted by atomic mass is 10.0. The van der Waals surface area contributed by atoms with Crippen LogP contribution in [0, 0.1) is 10.1 Å². The van der Waals surface area contributed by atoms with Crippen LogP contribution < -0.4 is 11.1 Å². The molecule has 0 fully saturated rings. The topological polar surface area (TPSA) is 94.1 Å². The summed E-state index contributed by atoms with van der Waals surface area (Å²) >= 11 is 1.65. The van der Waals surface area contributed by atoms with E-state index in [-0.39, 0.29) is 11.4 Å². The number of aryl methyl sites for hydroxylation is 2. The molecule has 1 aliphatic carbocycles. The molecule has 0 aliphatic heterocycles. The van der Waals surface area contributed by atoms with Crippen LogP contribution in [0.5, 0.6) is 0 Å². The molecule has 0 radical (unpaired) electrons. The second kappa shape index (κ2) is 5.09. The Bertz CT molecular complexity index is 645. The number of nitrogen functional groups attached to an aromatic ring is 1. The number of hydrogen-bond donors (Lipinski definition) is 2. The van der Waals surface area contributed by atoms with Gasteiger partial charge in [-0.1, -0.05) is 0 Å². The summed E-state index contributed by atoms with van der Waals surface area (Å²) in [6.07, 6.45) is 4.55. The van der Waals surface area contributed by atoms with Gasteiger partial charge < -0.3 is 11.1 Å². The minimum Gasteiger partial charge on any atom is -0.393 e. The first-order valence-corrected chi connectivity index (χ1v) is 7.24. The summed E-state index contributed by atoms with van der Waals surface area (Å²) in [7, 11) is 0. The molecule has 1 heterocycles. The van der Waals surface area contributed by atoms with Crippen molar-refractivity contribution in [1.82, 2.24) is 4.98 Å². The van der Waals surface area contributed by atoms with Gasteiger partial charge >= 0.3 is 0 Å². The maximum Gasteiger partial charge on any atom is 0.292 e. The molecule has 3 rings (SSSR count). The van der Waals surface area contributed by atoms with Gasteiger partial charge in [-0.25, -0.2) is 4.98 Å². The molecule has 0 bridgehead atoms. The van der Waals surface area contributed by atoms with Crippen LogP contribution in [0.4, 0.5) is 22.2 Å². The second-order valence-electron chi connectivity index (χ2n) is 4.75. The predicted molar refractivity (Wildman–Crippen MR) is 79.5 cm³/mol. The molecule has 3 N–H and O–H groups in total. The van der Waals surface area contributed by atoms with E-state index in [1.54, 1.807) is 23.5 Å². The Balaban J connectivity index is 1.82. The minimum absolute atomic E-state index is 0.0750. The number of nitrogens with one attached hydrogen (secondary N) is 1. The van der Waals surface area contributed by atoms with Gasteiger partial charge in [0.1, 0.15) is 5.69 Å². The molecule has 1 aromatic heterocycles. The van der Waals surface area contributed by atoms with Crippen LogP contribution in [0.15, 0.2) is 18.2 Å². The number of rotatable bonds is 3. The van der Waals surface area contributed by atoms with E-state index in [2.05, 4.69) is 10.3 Å². The fourth-order valence-corrected chi connectivity index (χ4v) is 3.40. The van der Waals surface area contributed by atoms with Gasteiger partial charge in [-0.2, -0.15) is 0 Å². The van der Waals surface area contributed by atoms with Gasteiger partial charge in [0.25, 0.3) is 5.69 Å². The molecular formula is C13H14N4O2S. The Morgan fingerprint density at radius 1 is 1.35 bits per heavy atom. The summed E-state index contributed by atoms with van der Waals surface area (Å²) in [5.74, 6) is 0. The molecule has 2 aromatic rings. The van der Waals surface area contributed by atoms with Crippen molar-refractivity contribution in [2.24, 2.45) is 0 Å². The SMILES string of the molecule is Nc1cc(Nc2nc3c(s2)CCCC3)ccc1[N+](=O)[O-]. The third-order valence-electron chi connectivity index (χ3n) is 3.32. The van der Waals surface area contributed by atoms with Crippen molar-refractivity contribution in [3.8, 4) is 0 Å². The van der Waals surface area contributed by atoms with Crippen LogP contribution in [-0.4, -0.2) is 9.91 Å². The predicted octanol–water partition coefficient (Wildman–Crippen LogP) is 3.26. The van der Waals surface area contributed by atoms with Crippen LogP contribution in [0.2, 0.25) is 0 Å². The molecule has 1 aromatic carbocycles. The minimum atomic E-state index is -0.485. The summed E-state index contributed by atoms with van der Waals surface area (Å²) in [6, 6.07) is 4.62. The number of benzene rings is 1. The zero-order valence-electron chi connectivity index (χ0n) is 10.8. The Kier molecular flexibility index (Phi) is 3.27. The normalized spacial score (nSPS) is 13.8. The van der Waals surface area contributed by atoms with Gasteiger partial charge in [-0.3, -0.25) is 10.1 Å². The summed E-state index contributed by atoms with van der Waals surface area (Å²) in [6.45, 7) is 0.